The molecule has 0 spiro atoms. The molecule has 1 aromatic heterocycles. The molecule has 0 saturated carbocycles. The van der Waals surface area contributed by atoms with Crippen LogP contribution < -0.4 is 5.32 Å². The van der Waals surface area contributed by atoms with Gasteiger partial charge in [0.15, 0.2) is 5.78 Å². The topological polar surface area (TPSA) is 83.5 Å². The molecule has 1 aliphatic heterocycles. The van der Waals surface area contributed by atoms with Gasteiger partial charge in [0.25, 0.3) is 0 Å². The first-order chi connectivity index (χ1) is 14.5. The zero-order valence-electron chi connectivity index (χ0n) is 17.0. The van der Waals surface area contributed by atoms with Crippen LogP contribution in [0.25, 0.3) is 0 Å². The third kappa shape index (κ3) is 6.23. The Morgan fingerprint density at radius 3 is 2.30 bits per heavy atom. The van der Waals surface area contributed by atoms with Crippen molar-refractivity contribution in [2.45, 2.75) is 49.8 Å². The molecule has 3 rings (SSSR count). The summed E-state index contributed by atoms with van der Waals surface area (Å²) in [5, 5.41) is 4.67. The molecule has 0 bridgehead atoms. The van der Waals surface area contributed by atoms with Crippen LogP contribution in [0, 0.1) is 0 Å². The summed E-state index contributed by atoms with van der Waals surface area (Å²) in [6, 6.07) is 10.5. The minimum absolute atomic E-state index is 0.0126. The first-order valence-electron chi connectivity index (χ1n) is 10.4. The minimum atomic E-state index is -3.44. The number of nitrogens with one attached hydrogen (secondary N) is 1. The molecule has 0 unspecified atom stereocenters. The molecular formula is C22H28N2O4S2. The summed E-state index contributed by atoms with van der Waals surface area (Å²) in [5.74, 6) is -0.165. The summed E-state index contributed by atoms with van der Waals surface area (Å²) >= 11 is 1.38. The fraction of sp³-hybridized carbons (Fsp3) is 0.455. The molecule has 162 valence electrons. The molecule has 1 saturated heterocycles. The number of carbonyl (C=O) groups is 2. The normalized spacial score (nSPS) is 15.5. The lowest BCUT2D eigenvalue weighted by Crippen LogP contribution is -2.31. The molecule has 1 aliphatic rings. The van der Waals surface area contributed by atoms with E-state index in [1.807, 2.05) is 11.4 Å². The van der Waals surface area contributed by atoms with E-state index >= 15 is 0 Å². The van der Waals surface area contributed by atoms with Gasteiger partial charge in [-0.3, -0.25) is 9.59 Å². The number of amides is 1. The summed E-state index contributed by atoms with van der Waals surface area (Å²) in [6.45, 7) is 1.63. The van der Waals surface area contributed by atoms with Gasteiger partial charge in [-0.2, -0.15) is 4.31 Å². The highest BCUT2D eigenvalue weighted by Gasteiger charge is 2.24. The zero-order chi connectivity index (χ0) is 21.4. The smallest absolute Gasteiger partial charge is 0.243 e. The van der Waals surface area contributed by atoms with E-state index in [2.05, 4.69) is 5.32 Å². The summed E-state index contributed by atoms with van der Waals surface area (Å²) < 4.78 is 27.2. The lowest BCUT2D eigenvalue weighted by Gasteiger charge is -2.20. The minimum Gasteiger partial charge on any atom is -0.356 e. The molecular weight excluding hydrogens is 420 g/mol. The number of ketones is 1. The van der Waals surface area contributed by atoms with Crippen LogP contribution in [-0.4, -0.2) is 44.0 Å². The summed E-state index contributed by atoms with van der Waals surface area (Å²) in [7, 11) is -3.44. The van der Waals surface area contributed by atoms with Gasteiger partial charge in [0.05, 0.1) is 9.77 Å². The molecule has 2 heterocycles. The van der Waals surface area contributed by atoms with Crippen molar-refractivity contribution in [1.82, 2.24) is 9.62 Å². The maximum Gasteiger partial charge on any atom is 0.243 e. The number of hydrogen-bond acceptors (Lipinski definition) is 5. The molecule has 0 atom stereocenters. The fourth-order valence-corrected chi connectivity index (χ4v) is 5.69. The van der Waals surface area contributed by atoms with Gasteiger partial charge in [-0.05, 0) is 48.4 Å². The molecule has 0 radical (unpaired) electrons. The Kier molecular flexibility index (Phi) is 8.18. The van der Waals surface area contributed by atoms with E-state index < -0.39 is 10.0 Å². The lowest BCUT2D eigenvalue weighted by atomic mass is 10.1. The third-order valence-electron chi connectivity index (χ3n) is 5.24. The number of hydrogen-bond donors (Lipinski definition) is 1. The van der Waals surface area contributed by atoms with Crippen LogP contribution in [-0.2, 0) is 21.2 Å². The standard InChI is InChI=1S/C22H28N2O4S2/c25-20(21-6-5-17-29-21)11-12-22(26)23-14-13-18-7-9-19(10-8-18)30(27,28)24-15-3-1-2-4-16-24/h5-10,17H,1-4,11-16H2,(H,23,26). The van der Waals surface area contributed by atoms with Crippen LogP contribution in [0.2, 0.25) is 0 Å². The Morgan fingerprint density at radius 1 is 0.967 bits per heavy atom. The molecule has 30 heavy (non-hydrogen) atoms. The van der Waals surface area contributed by atoms with Crippen LogP contribution in [0.5, 0.6) is 0 Å². The zero-order valence-corrected chi connectivity index (χ0v) is 18.6. The SMILES string of the molecule is O=C(CCC(=O)c1cccs1)NCCc1ccc(S(=O)(=O)N2CCCCCC2)cc1. The van der Waals surface area contributed by atoms with E-state index in [1.165, 1.54) is 11.3 Å². The van der Waals surface area contributed by atoms with E-state index in [0.29, 0.717) is 35.8 Å². The van der Waals surface area contributed by atoms with Crippen LogP contribution in [0.1, 0.15) is 53.8 Å². The Hall–Kier alpha value is -2.03. The first-order valence-corrected chi connectivity index (χ1v) is 12.7. The van der Waals surface area contributed by atoms with Gasteiger partial charge < -0.3 is 5.32 Å². The Morgan fingerprint density at radius 2 is 1.67 bits per heavy atom. The number of sulfonamides is 1. The van der Waals surface area contributed by atoms with Crippen molar-refractivity contribution in [1.29, 1.82) is 0 Å². The molecule has 2 aromatic rings. The van der Waals surface area contributed by atoms with Crippen molar-refractivity contribution in [3.63, 3.8) is 0 Å². The van der Waals surface area contributed by atoms with E-state index in [4.69, 9.17) is 0 Å². The third-order valence-corrected chi connectivity index (χ3v) is 8.06. The Bertz CT molecular complexity index is 930. The lowest BCUT2D eigenvalue weighted by molar-refractivity contribution is -0.121. The van der Waals surface area contributed by atoms with Crippen LogP contribution in [0.3, 0.4) is 0 Å². The van der Waals surface area contributed by atoms with E-state index in [1.54, 1.807) is 34.6 Å². The highest BCUT2D eigenvalue weighted by Crippen LogP contribution is 2.20. The predicted octanol–water partition coefficient (Wildman–Crippen LogP) is 3.63. The second-order valence-electron chi connectivity index (χ2n) is 7.46. The monoisotopic (exact) mass is 448 g/mol. The molecule has 1 N–H and O–H groups in total. The van der Waals surface area contributed by atoms with Gasteiger partial charge in [0, 0.05) is 32.5 Å². The maximum atomic E-state index is 12.8. The van der Waals surface area contributed by atoms with Crippen molar-refractivity contribution in [3.8, 4) is 0 Å². The average Bonchev–Trinajstić information content (AvgIpc) is 3.14. The quantitative estimate of drug-likeness (QED) is 0.594. The predicted molar refractivity (Wildman–Crippen MR) is 118 cm³/mol. The van der Waals surface area contributed by atoms with E-state index in [-0.39, 0.29) is 24.5 Å². The number of rotatable bonds is 9. The Balaban J connectivity index is 1.44. The van der Waals surface area contributed by atoms with Gasteiger partial charge in [-0.25, -0.2) is 8.42 Å². The van der Waals surface area contributed by atoms with Crippen LogP contribution >= 0.6 is 11.3 Å². The number of carbonyl (C=O) groups excluding carboxylic acids is 2. The van der Waals surface area contributed by atoms with Gasteiger partial charge in [0.1, 0.15) is 0 Å². The van der Waals surface area contributed by atoms with E-state index in [0.717, 1.165) is 31.2 Å². The number of benzene rings is 1. The summed E-state index contributed by atoms with van der Waals surface area (Å²) in [4.78, 5) is 24.9. The Labute approximate surface area is 182 Å². The molecule has 1 amide bonds. The second-order valence-corrected chi connectivity index (χ2v) is 10.3. The van der Waals surface area contributed by atoms with Gasteiger partial charge in [0.2, 0.25) is 15.9 Å². The van der Waals surface area contributed by atoms with Gasteiger partial charge in [-0.1, -0.05) is 31.0 Å². The van der Waals surface area contributed by atoms with Crippen molar-refractivity contribution in [2.75, 3.05) is 19.6 Å². The number of Topliss-reactive ketones (excluding diaryl/α,β-unsaturated/α-hetero) is 1. The first kappa shape index (κ1) is 22.7. The van der Waals surface area contributed by atoms with Crippen molar-refractivity contribution in [3.05, 3.63) is 52.2 Å². The average molecular weight is 449 g/mol. The van der Waals surface area contributed by atoms with Crippen molar-refractivity contribution in [2.24, 2.45) is 0 Å². The highest BCUT2D eigenvalue weighted by molar-refractivity contribution is 7.89. The van der Waals surface area contributed by atoms with Crippen molar-refractivity contribution >= 4 is 33.1 Å². The molecule has 0 aliphatic carbocycles. The molecule has 6 nitrogen and oxygen atoms in total. The summed E-state index contributed by atoms with van der Waals surface area (Å²) in [6.07, 6.45) is 4.97. The van der Waals surface area contributed by atoms with Gasteiger partial charge >= 0.3 is 0 Å². The second kappa shape index (κ2) is 10.8. The van der Waals surface area contributed by atoms with E-state index in [9.17, 15) is 18.0 Å². The number of nitrogens with zero attached hydrogens (tertiary/aromatic N) is 1. The maximum absolute atomic E-state index is 12.8. The molecule has 1 fully saturated rings. The molecule has 8 heteroatoms. The highest BCUT2D eigenvalue weighted by atomic mass is 32.2. The largest absolute Gasteiger partial charge is 0.356 e. The fourth-order valence-electron chi connectivity index (χ4n) is 3.48. The van der Waals surface area contributed by atoms with Crippen molar-refractivity contribution < 1.29 is 18.0 Å². The van der Waals surface area contributed by atoms with Crippen LogP contribution in [0.4, 0.5) is 0 Å². The van der Waals surface area contributed by atoms with Crippen LogP contribution in [0.15, 0.2) is 46.7 Å². The van der Waals surface area contributed by atoms with Gasteiger partial charge in [-0.15, -0.1) is 11.3 Å². The number of thiophene rings is 1. The summed E-state index contributed by atoms with van der Waals surface area (Å²) in [5.41, 5.74) is 0.958. The molecule has 1 aromatic carbocycles.